The van der Waals surface area contributed by atoms with E-state index in [1.54, 1.807) is 13.2 Å². The molecular formula is C38H46N4O5S. The second kappa shape index (κ2) is 11.3. The molecule has 0 radical (unpaired) electrons. The van der Waals surface area contributed by atoms with Crippen molar-refractivity contribution in [3.8, 4) is 17.0 Å². The lowest BCUT2D eigenvalue weighted by Crippen LogP contribution is -2.54. The molecule has 254 valence electrons. The number of hydrogen-bond acceptors (Lipinski definition) is 6. The maximum absolute atomic E-state index is 14.8. The highest BCUT2D eigenvalue weighted by atomic mass is 32.2. The van der Waals surface area contributed by atoms with E-state index in [1.165, 1.54) is 36.8 Å². The van der Waals surface area contributed by atoms with Gasteiger partial charge in [0.2, 0.25) is 15.9 Å². The molecule has 2 amide bonds. The van der Waals surface area contributed by atoms with Gasteiger partial charge >= 0.3 is 0 Å². The van der Waals surface area contributed by atoms with Crippen molar-refractivity contribution < 1.29 is 22.7 Å². The van der Waals surface area contributed by atoms with Gasteiger partial charge in [-0.2, -0.15) is 0 Å². The van der Waals surface area contributed by atoms with Crippen LogP contribution in [0.1, 0.15) is 104 Å². The minimum atomic E-state index is -3.72. The fraction of sp³-hybridized carbons (Fsp3) is 0.579. The Labute approximate surface area is 283 Å². The van der Waals surface area contributed by atoms with E-state index >= 15 is 0 Å². The maximum Gasteiger partial charge on any atom is 0.264 e. The van der Waals surface area contributed by atoms with Gasteiger partial charge in [-0.3, -0.25) is 14.5 Å². The van der Waals surface area contributed by atoms with Crippen molar-refractivity contribution in [2.45, 2.75) is 100 Å². The van der Waals surface area contributed by atoms with Crippen LogP contribution in [0.5, 0.6) is 5.75 Å². The van der Waals surface area contributed by atoms with E-state index in [4.69, 9.17) is 4.74 Å². The van der Waals surface area contributed by atoms with Crippen molar-refractivity contribution in [1.29, 1.82) is 0 Å². The zero-order chi connectivity index (χ0) is 32.8. The molecule has 2 saturated heterocycles. The number of aromatic nitrogens is 1. The largest absolute Gasteiger partial charge is 0.497 e. The van der Waals surface area contributed by atoms with Gasteiger partial charge in [0, 0.05) is 60.2 Å². The number of ether oxygens (including phenoxy) is 1. The molecule has 3 saturated carbocycles. The summed E-state index contributed by atoms with van der Waals surface area (Å²) >= 11 is 0. The minimum absolute atomic E-state index is 0.0879. The van der Waals surface area contributed by atoms with Gasteiger partial charge in [0.15, 0.2) is 0 Å². The molecule has 1 aromatic heterocycles. The van der Waals surface area contributed by atoms with Crippen molar-refractivity contribution in [3.05, 3.63) is 53.1 Å². The number of amides is 2. The Bertz CT molecular complexity index is 1930. The number of benzene rings is 2. The third-order valence-corrected chi connectivity index (χ3v) is 14.6. The van der Waals surface area contributed by atoms with Gasteiger partial charge in [0.25, 0.3) is 5.91 Å². The SMILES string of the molecule is COc1ccc2c(c1)C1CC1(C(=O)N1CCN3CCC[C@@H]3C1)Cn1c-2c(C2CCCCC2)c2ccc(C(=O)NS(=O)(=O)C3CCC3)cc21. The summed E-state index contributed by atoms with van der Waals surface area (Å²) < 4.78 is 36.3. The summed E-state index contributed by atoms with van der Waals surface area (Å²) in [5.74, 6) is 0.939. The number of nitrogens with one attached hydrogen (secondary N) is 1. The summed E-state index contributed by atoms with van der Waals surface area (Å²) in [4.78, 5) is 33.1. The van der Waals surface area contributed by atoms with E-state index in [2.05, 4.69) is 31.2 Å². The zero-order valence-electron chi connectivity index (χ0n) is 27.9. The number of fused-ring (bicyclic) bond motifs is 8. The van der Waals surface area contributed by atoms with Crippen molar-refractivity contribution >= 4 is 32.7 Å². The van der Waals surface area contributed by atoms with Crippen LogP contribution in [-0.2, 0) is 21.4 Å². The predicted octanol–water partition coefficient (Wildman–Crippen LogP) is 5.77. The smallest absolute Gasteiger partial charge is 0.264 e. The lowest BCUT2D eigenvalue weighted by Gasteiger charge is -2.39. The van der Waals surface area contributed by atoms with Crippen LogP contribution >= 0.6 is 0 Å². The molecule has 3 aromatic rings. The molecule has 9 rings (SSSR count). The van der Waals surface area contributed by atoms with Crippen LogP contribution in [0.3, 0.4) is 0 Å². The van der Waals surface area contributed by atoms with Gasteiger partial charge in [-0.1, -0.05) is 31.7 Å². The molecule has 3 aliphatic carbocycles. The van der Waals surface area contributed by atoms with E-state index in [0.717, 1.165) is 86.2 Å². The van der Waals surface area contributed by atoms with Crippen LogP contribution < -0.4 is 9.46 Å². The Hall–Kier alpha value is -3.37. The van der Waals surface area contributed by atoms with Crippen LogP contribution in [0.25, 0.3) is 22.2 Å². The van der Waals surface area contributed by atoms with Crippen LogP contribution in [0.4, 0.5) is 0 Å². The van der Waals surface area contributed by atoms with E-state index < -0.39 is 26.6 Å². The topological polar surface area (TPSA) is 101 Å². The van der Waals surface area contributed by atoms with Gasteiger partial charge in [0.1, 0.15) is 5.75 Å². The number of hydrogen-bond donors (Lipinski definition) is 1. The number of piperazine rings is 1. The number of sulfonamides is 1. The Balaban J connectivity index is 1.19. The molecule has 6 aliphatic rings. The van der Waals surface area contributed by atoms with E-state index in [1.807, 2.05) is 18.2 Å². The van der Waals surface area contributed by atoms with Crippen LogP contribution in [0, 0.1) is 5.41 Å². The standard InChI is InChI=1S/C38H46N4O5S/c1-47-27-13-15-29-31(20-27)32-21-38(32,37(44)41-18-17-40-16-6-9-26(40)22-41)23-42-33-19-25(36(43)39-48(45,46)28-10-5-11-28)12-14-30(33)34(35(29)42)24-7-3-2-4-8-24/h12-15,19-20,24,26,28,32H,2-11,16-18,21-23H2,1H3,(H,39,43)/t26-,32?,38?/m1/s1. The zero-order valence-corrected chi connectivity index (χ0v) is 28.7. The Morgan fingerprint density at radius 3 is 2.52 bits per heavy atom. The monoisotopic (exact) mass is 670 g/mol. The highest BCUT2D eigenvalue weighted by molar-refractivity contribution is 7.90. The first-order valence-corrected chi connectivity index (χ1v) is 19.8. The molecule has 4 heterocycles. The van der Waals surface area contributed by atoms with Gasteiger partial charge in [-0.15, -0.1) is 0 Å². The van der Waals surface area contributed by atoms with Crippen molar-refractivity contribution in [3.63, 3.8) is 0 Å². The molecule has 10 heteroatoms. The summed E-state index contributed by atoms with van der Waals surface area (Å²) in [5, 5.41) is 0.614. The highest BCUT2D eigenvalue weighted by Gasteiger charge is 2.64. The summed E-state index contributed by atoms with van der Waals surface area (Å²) in [6.07, 6.45) is 11.0. The number of methoxy groups -OCH3 is 1. The van der Waals surface area contributed by atoms with Crippen LogP contribution in [0.15, 0.2) is 36.4 Å². The molecule has 9 nitrogen and oxygen atoms in total. The number of rotatable bonds is 6. The molecule has 1 N–H and O–H groups in total. The van der Waals surface area contributed by atoms with Crippen molar-refractivity contribution in [2.75, 3.05) is 33.3 Å². The molecular weight excluding hydrogens is 625 g/mol. The maximum atomic E-state index is 14.8. The third kappa shape index (κ3) is 4.76. The summed E-state index contributed by atoms with van der Waals surface area (Å²) in [6.45, 7) is 4.18. The quantitative estimate of drug-likeness (QED) is 0.358. The van der Waals surface area contributed by atoms with Gasteiger partial charge in [-0.05, 0) is 98.9 Å². The van der Waals surface area contributed by atoms with E-state index in [-0.39, 0.29) is 11.8 Å². The second-order valence-electron chi connectivity index (χ2n) is 15.4. The molecule has 3 aliphatic heterocycles. The van der Waals surface area contributed by atoms with Crippen LogP contribution in [0.2, 0.25) is 0 Å². The average Bonchev–Trinajstić information content (AvgIpc) is 3.48. The minimum Gasteiger partial charge on any atom is -0.497 e. The number of carbonyl (C=O) groups is 2. The molecule has 0 bridgehead atoms. The fourth-order valence-electron chi connectivity index (χ4n) is 9.87. The third-order valence-electron chi connectivity index (χ3n) is 12.8. The van der Waals surface area contributed by atoms with Crippen molar-refractivity contribution in [2.24, 2.45) is 5.41 Å². The highest BCUT2D eigenvalue weighted by Crippen LogP contribution is 2.66. The first-order chi connectivity index (χ1) is 23.3. The Morgan fingerprint density at radius 1 is 0.917 bits per heavy atom. The molecule has 5 fully saturated rings. The molecule has 2 unspecified atom stereocenters. The van der Waals surface area contributed by atoms with Gasteiger partial charge < -0.3 is 14.2 Å². The normalized spacial score (nSPS) is 27.3. The lowest BCUT2D eigenvalue weighted by molar-refractivity contribution is -0.140. The Kier molecular flexibility index (Phi) is 7.24. The van der Waals surface area contributed by atoms with Gasteiger partial charge in [-0.25, -0.2) is 13.1 Å². The number of carbonyl (C=O) groups excluding carboxylic acids is 2. The fourth-order valence-corrected chi connectivity index (χ4v) is 11.4. The molecule has 48 heavy (non-hydrogen) atoms. The van der Waals surface area contributed by atoms with Crippen molar-refractivity contribution in [1.82, 2.24) is 19.1 Å². The van der Waals surface area contributed by atoms with Crippen LogP contribution in [-0.4, -0.2) is 79.2 Å². The summed E-state index contributed by atoms with van der Waals surface area (Å²) in [6, 6.07) is 12.5. The first-order valence-electron chi connectivity index (χ1n) is 18.2. The predicted molar refractivity (Wildman–Crippen MR) is 185 cm³/mol. The van der Waals surface area contributed by atoms with Gasteiger partial charge in [0.05, 0.1) is 23.5 Å². The average molecular weight is 671 g/mol. The summed E-state index contributed by atoms with van der Waals surface area (Å²) in [5.41, 5.74) is 5.50. The second-order valence-corrected chi connectivity index (χ2v) is 17.4. The van der Waals surface area contributed by atoms with E-state index in [9.17, 15) is 18.0 Å². The Morgan fingerprint density at radius 2 is 1.75 bits per heavy atom. The van der Waals surface area contributed by atoms with E-state index in [0.29, 0.717) is 36.9 Å². The molecule has 0 spiro atoms. The summed E-state index contributed by atoms with van der Waals surface area (Å²) in [7, 11) is -2.02. The molecule has 2 aromatic carbocycles. The number of nitrogens with zero attached hydrogens (tertiary/aromatic N) is 3. The lowest BCUT2D eigenvalue weighted by atomic mass is 9.81. The first kappa shape index (κ1) is 30.7. The molecule has 3 atom stereocenters.